The lowest BCUT2D eigenvalue weighted by molar-refractivity contribution is -0.0715. The fraction of sp³-hybridized carbons (Fsp3) is 0.571. The Hall–Kier alpha value is -0.280. The third kappa shape index (κ3) is 2.27. The number of nitrogens with zero attached hydrogens (tertiary/aromatic N) is 1. The number of piperidine rings is 3. The first-order valence-electron chi connectivity index (χ1n) is 6.51. The van der Waals surface area contributed by atoms with Crippen molar-refractivity contribution in [1.82, 2.24) is 4.90 Å². The Morgan fingerprint density at radius 2 is 1.89 bits per heavy atom. The highest BCUT2D eigenvalue weighted by molar-refractivity contribution is 6.42. The van der Waals surface area contributed by atoms with E-state index in [1.807, 2.05) is 18.2 Å². The van der Waals surface area contributed by atoms with Crippen LogP contribution in [0.2, 0.25) is 10.0 Å². The summed E-state index contributed by atoms with van der Waals surface area (Å²) >= 11 is 12.0. The van der Waals surface area contributed by atoms with E-state index in [0.29, 0.717) is 16.0 Å². The van der Waals surface area contributed by atoms with Crippen LogP contribution in [0.25, 0.3) is 0 Å². The summed E-state index contributed by atoms with van der Waals surface area (Å²) in [4.78, 5) is 2.41. The van der Waals surface area contributed by atoms with E-state index in [1.165, 1.54) is 0 Å². The Kier molecular flexibility index (Phi) is 3.55. The fourth-order valence-electron chi connectivity index (χ4n) is 3.28. The van der Waals surface area contributed by atoms with Crippen molar-refractivity contribution in [2.75, 3.05) is 13.1 Å². The molecule has 3 aliphatic rings. The third-order valence-electron chi connectivity index (χ3n) is 4.35. The zero-order valence-corrected chi connectivity index (χ0v) is 11.7. The molecule has 18 heavy (non-hydrogen) atoms. The molecule has 0 radical (unpaired) electrons. The molecule has 0 amide bonds. The van der Waals surface area contributed by atoms with E-state index >= 15 is 0 Å². The molecule has 4 rings (SSSR count). The fourth-order valence-corrected chi connectivity index (χ4v) is 3.60. The third-order valence-corrected chi connectivity index (χ3v) is 5.09. The minimum Gasteiger partial charge on any atom is -0.391 e. The van der Waals surface area contributed by atoms with Gasteiger partial charge in [0.1, 0.15) is 0 Å². The molecule has 0 spiro atoms. The zero-order chi connectivity index (χ0) is 12.7. The van der Waals surface area contributed by atoms with Crippen molar-refractivity contribution in [3.05, 3.63) is 33.8 Å². The van der Waals surface area contributed by atoms with Crippen molar-refractivity contribution < 1.29 is 5.11 Å². The molecule has 3 heterocycles. The molecule has 1 aromatic rings. The number of rotatable bonds is 2. The molecule has 98 valence electrons. The van der Waals surface area contributed by atoms with Crippen LogP contribution in [0.4, 0.5) is 0 Å². The number of hydrogen-bond donors (Lipinski definition) is 1. The first-order chi connectivity index (χ1) is 8.65. The first kappa shape index (κ1) is 12.7. The maximum Gasteiger partial charge on any atom is 0.0727 e. The summed E-state index contributed by atoms with van der Waals surface area (Å²) in [5, 5.41) is 11.5. The van der Waals surface area contributed by atoms with Crippen LogP contribution in [0.5, 0.6) is 0 Å². The topological polar surface area (TPSA) is 23.5 Å². The van der Waals surface area contributed by atoms with Crippen molar-refractivity contribution in [2.45, 2.75) is 31.4 Å². The van der Waals surface area contributed by atoms with Crippen LogP contribution in [0.15, 0.2) is 18.2 Å². The molecule has 1 aromatic carbocycles. The highest BCUT2D eigenvalue weighted by Crippen LogP contribution is 2.34. The second-order valence-corrected chi connectivity index (χ2v) is 6.20. The predicted octanol–water partition coefficient (Wildman–Crippen LogP) is 2.99. The van der Waals surface area contributed by atoms with E-state index in [2.05, 4.69) is 4.90 Å². The molecule has 3 fully saturated rings. The molecular weight excluding hydrogens is 269 g/mol. The van der Waals surface area contributed by atoms with E-state index in [9.17, 15) is 5.11 Å². The summed E-state index contributed by atoms with van der Waals surface area (Å²) in [6.07, 6.45) is 2.94. The number of fused-ring (bicyclic) bond motifs is 3. The Morgan fingerprint density at radius 3 is 2.50 bits per heavy atom. The molecule has 3 saturated heterocycles. The monoisotopic (exact) mass is 285 g/mol. The smallest absolute Gasteiger partial charge is 0.0727 e. The largest absolute Gasteiger partial charge is 0.391 e. The molecule has 4 heteroatoms. The van der Waals surface area contributed by atoms with Crippen LogP contribution in [0.1, 0.15) is 18.4 Å². The number of aliphatic hydroxyl groups excluding tert-OH is 1. The van der Waals surface area contributed by atoms with Crippen LogP contribution in [-0.2, 0) is 6.42 Å². The number of hydrogen-bond acceptors (Lipinski definition) is 2. The van der Waals surface area contributed by atoms with Gasteiger partial charge in [0.05, 0.1) is 16.1 Å². The van der Waals surface area contributed by atoms with Crippen LogP contribution in [-0.4, -0.2) is 35.2 Å². The Labute approximate surface area is 117 Å². The van der Waals surface area contributed by atoms with Gasteiger partial charge in [-0.05, 0) is 56.0 Å². The molecule has 2 nitrogen and oxygen atoms in total. The maximum absolute atomic E-state index is 10.3. The van der Waals surface area contributed by atoms with Gasteiger partial charge in [-0.3, -0.25) is 4.90 Å². The predicted molar refractivity (Wildman–Crippen MR) is 74.3 cm³/mol. The molecule has 1 N–H and O–H groups in total. The Morgan fingerprint density at radius 1 is 1.17 bits per heavy atom. The van der Waals surface area contributed by atoms with Gasteiger partial charge in [0.2, 0.25) is 0 Å². The lowest BCUT2D eigenvalue weighted by Gasteiger charge is -2.49. The zero-order valence-electron chi connectivity index (χ0n) is 10.1. The van der Waals surface area contributed by atoms with Crippen molar-refractivity contribution in [1.29, 1.82) is 0 Å². The lowest BCUT2D eigenvalue weighted by Crippen LogP contribution is -2.58. The van der Waals surface area contributed by atoms with Crippen LogP contribution in [0.3, 0.4) is 0 Å². The van der Waals surface area contributed by atoms with Crippen LogP contribution >= 0.6 is 23.2 Å². The minimum atomic E-state index is -0.193. The molecule has 2 bridgehead atoms. The van der Waals surface area contributed by atoms with E-state index < -0.39 is 0 Å². The number of benzene rings is 1. The average Bonchev–Trinajstić information content (AvgIpc) is 2.38. The first-order valence-corrected chi connectivity index (χ1v) is 7.27. The van der Waals surface area contributed by atoms with Gasteiger partial charge in [-0.15, -0.1) is 0 Å². The van der Waals surface area contributed by atoms with Crippen molar-refractivity contribution in [3.63, 3.8) is 0 Å². The van der Waals surface area contributed by atoms with Gasteiger partial charge in [-0.25, -0.2) is 0 Å². The summed E-state index contributed by atoms with van der Waals surface area (Å²) in [5.41, 5.74) is 1.15. The molecule has 0 aromatic heterocycles. The van der Waals surface area contributed by atoms with Gasteiger partial charge in [0.25, 0.3) is 0 Å². The summed E-state index contributed by atoms with van der Waals surface area (Å²) in [6.45, 7) is 2.24. The summed E-state index contributed by atoms with van der Waals surface area (Å²) < 4.78 is 0. The second-order valence-electron chi connectivity index (χ2n) is 5.38. The number of halogens is 2. The average molecular weight is 286 g/mol. The molecule has 2 atom stereocenters. The Bertz CT molecular complexity index is 441. The normalized spacial score (nSPS) is 34.8. The lowest BCUT2D eigenvalue weighted by atomic mass is 9.78. The molecule has 0 saturated carbocycles. The van der Waals surface area contributed by atoms with Crippen LogP contribution < -0.4 is 0 Å². The van der Waals surface area contributed by atoms with Crippen molar-refractivity contribution in [3.8, 4) is 0 Å². The quantitative estimate of drug-likeness (QED) is 0.903. The van der Waals surface area contributed by atoms with Crippen molar-refractivity contribution in [2.24, 2.45) is 5.92 Å². The summed E-state index contributed by atoms with van der Waals surface area (Å²) in [7, 11) is 0. The summed E-state index contributed by atoms with van der Waals surface area (Å²) in [6, 6.07) is 6.00. The molecular formula is C14H17Cl2NO. The summed E-state index contributed by atoms with van der Waals surface area (Å²) in [5.74, 6) is 0.489. The molecule has 2 unspecified atom stereocenters. The van der Waals surface area contributed by atoms with E-state index in [1.54, 1.807) is 0 Å². The number of aliphatic hydroxyl groups is 1. The SMILES string of the molecule is OC1C2CCN(CC2)C1Cc1ccc(Cl)c(Cl)c1. The highest BCUT2D eigenvalue weighted by atomic mass is 35.5. The van der Waals surface area contributed by atoms with E-state index in [-0.39, 0.29) is 12.1 Å². The van der Waals surface area contributed by atoms with Crippen molar-refractivity contribution >= 4 is 23.2 Å². The maximum atomic E-state index is 10.3. The highest BCUT2D eigenvalue weighted by Gasteiger charge is 2.40. The van der Waals surface area contributed by atoms with Gasteiger partial charge in [0.15, 0.2) is 0 Å². The van der Waals surface area contributed by atoms with Gasteiger partial charge in [-0.1, -0.05) is 29.3 Å². The van der Waals surface area contributed by atoms with Crippen LogP contribution in [0, 0.1) is 5.92 Å². The van der Waals surface area contributed by atoms with E-state index in [4.69, 9.17) is 23.2 Å². The molecule has 3 aliphatic heterocycles. The standard InChI is InChI=1S/C14H17Cl2NO/c15-11-2-1-9(7-12(11)16)8-13-14(18)10-3-5-17(13)6-4-10/h1-2,7,10,13-14,18H,3-6,8H2. The molecule has 0 aliphatic carbocycles. The minimum absolute atomic E-state index is 0.193. The van der Waals surface area contributed by atoms with Gasteiger partial charge in [-0.2, -0.15) is 0 Å². The van der Waals surface area contributed by atoms with Gasteiger partial charge in [0, 0.05) is 6.04 Å². The Balaban J connectivity index is 1.77. The second kappa shape index (κ2) is 5.01. The van der Waals surface area contributed by atoms with Gasteiger partial charge >= 0.3 is 0 Å². The van der Waals surface area contributed by atoms with Gasteiger partial charge < -0.3 is 5.11 Å². The van der Waals surface area contributed by atoms with E-state index in [0.717, 1.165) is 37.9 Å².